The Hall–Kier alpha value is -2.12. The van der Waals surface area contributed by atoms with Gasteiger partial charge in [0.1, 0.15) is 6.61 Å². The van der Waals surface area contributed by atoms with Gasteiger partial charge in [-0.05, 0) is 59.1 Å². The quantitative estimate of drug-likeness (QED) is 0.708. The van der Waals surface area contributed by atoms with Crippen molar-refractivity contribution in [1.29, 1.82) is 0 Å². The summed E-state index contributed by atoms with van der Waals surface area (Å²) in [6, 6.07) is 12.2. The minimum atomic E-state index is 0.208. The van der Waals surface area contributed by atoms with Gasteiger partial charge >= 0.3 is 0 Å². The van der Waals surface area contributed by atoms with Gasteiger partial charge in [0.2, 0.25) is 0 Å². The number of para-hydroxylation sites is 1. The van der Waals surface area contributed by atoms with Crippen molar-refractivity contribution in [2.75, 3.05) is 18.5 Å². The van der Waals surface area contributed by atoms with E-state index in [4.69, 9.17) is 15.9 Å². The van der Waals surface area contributed by atoms with Crippen molar-refractivity contribution in [3.63, 3.8) is 0 Å². The number of hydrogen-bond acceptors (Lipinski definition) is 3. The van der Waals surface area contributed by atoms with Crippen LogP contribution < -0.4 is 14.8 Å². The second kappa shape index (κ2) is 8.50. The number of benzene rings is 2. The summed E-state index contributed by atoms with van der Waals surface area (Å²) in [4.78, 5) is 0. The summed E-state index contributed by atoms with van der Waals surface area (Å²) in [6.07, 6.45) is 5.27. The highest BCUT2D eigenvalue weighted by Gasteiger charge is 2.12. The van der Waals surface area contributed by atoms with Crippen LogP contribution in [-0.2, 0) is 6.54 Å². The lowest BCUT2D eigenvalue weighted by Crippen LogP contribution is -2.04. The molecule has 0 aromatic heterocycles. The van der Waals surface area contributed by atoms with E-state index in [0.29, 0.717) is 24.7 Å². The van der Waals surface area contributed by atoms with Gasteiger partial charge in [0.15, 0.2) is 11.5 Å². The molecular formula is C19H20BrNO2. The first-order valence-electron chi connectivity index (χ1n) is 7.46. The molecule has 0 fully saturated rings. The van der Waals surface area contributed by atoms with E-state index in [9.17, 15) is 0 Å². The van der Waals surface area contributed by atoms with E-state index in [1.54, 1.807) is 0 Å². The van der Waals surface area contributed by atoms with Crippen molar-refractivity contribution in [3.05, 3.63) is 52.0 Å². The van der Waals surface area contributed by atoms with E-state index in [1.807, 2.05) is 31.2 Å². The maximum atomic E-state index is 5.68. The number of nitrogens with one attached hydrogen (secondary N) is 1. The molecule has 0 atom stereocenters. The molecule has 0 amide bonds. The van der Waals surface area contributed by atoms with E-state index in [2.05, 4.69) is 46.2 Å². The van der Waals surface area contributed by atoms with E-state index in [1.165, 1.54) is 5.56 Å². The van der Waals surface area contributed by atoms with Crippen LogP contribution in [0, 0.1) is 19.3 Å². The Kier molecular flexibility index (Phi) is 6.37. The molecule has 2 rings (SSSR count). The molecule has 0 aliphatic rings. The third-order valence-corrected chi connectivity index (χ3v) is 3.89. The number of halogens is 1. The van der Waals surface area contributed by atoms with Crippen molar-refractivity contribution in [2.45, 2.75) is 20.4 Å². The standard InChI is InChI=1S/C19H20BrNO2/c1-4-10-23-19-16(20)11-15(12-18(19)22-5-2)13-21-17-9-7-6-8-14(17)3/h1,6-9,11-12,21H,5,10,13H2,2-3H3. The minimum absolute atomic E-state index is 0.208. The largest absolute Gasteiger partial charge is 0.490 e. The first-order valence-corrected chi connectivity index (χ1v) is 8.26. The fourth-order valence-electron chi connectivity index (χ4n) is 2.21. The van der Waals surface area contributed by atoms with E-state index in [-0.39, 0.29) is 6.61 Å². The lowest BCUT2D eigenvalue weighted by Gasteiger charge is -2.15. The van der Waals surface area contributed by atoms with Crippen molar-refractivity contribution < 1.29 is 9.47 Å². The third kappa shape index (κ3) is 4.67. The van der Waals surface area contributed by atoms with E-state index in [0.717, 1.165) is 15.7 Å². The van der Waals surface area contributed by atoms with Gasteiger partial charge in [-0.2, -0.15) is 0 Å². The Morgan fingerprint density at radius 3 is 2.70 bits per heavy atom. The highest BCUT2D eigenvalue weighted by Crippen LogP contribution is 2.37. The molecule has 23 heavy (non-hydrogen) atoms. The number of hydrogen-bond donors (Lipinski definition) is 1. The molecule has 0 aliphatic heterocycles. The first-order chi connectivity index (χ1) is 11.2. The van der Waals surface area contributed by atoms with Crippen molar-refractivity contribution in [1.82, 2.24) is 0 Å². The second-order valence-electron chi connectivity index (χ2n) is 5.00. The van der Waals surface area contributed by atoms with Crippen LogP contribution in [0.2, 0.25) is 0 Å². The van der Waals surface area contributed by atoms with E-state index < -0.39 is 0 Å². The molecule has 0 aliphatic carbocycles. The van der Waals surface area contributed by atoms with Crippen LogP contribution in [0.4, 0.5) is 5.69 Å². The van der Waals surface area contributed by atoms with Gasteiger partial charge in [-0.15, -0.1) is 6.42 Å². The summed E-state index contributed by atoms with van der Waals surface area (Å²) in [5, 5.41) is 3.44. The Bertz CT molecular complexity index is 707. The van der Waals surface area contributed by atoms with Gasteiger partial charge in [0, 0.05) is 12.2 Å². The summed E-state index contributed by atoms with van der Waals surface area (Å²) in [5.41, 5.74) is 3.43. The SMILES string of the molecule is C#CCOc1c(Br)cc(CNc2ccccc2C)cc1OCC. The topological polar surface area (TPSA) is 30.5 Å². The van der Waals surface area contributed by atoms with Crippen molar-refractivity contribution in [3.8, 4) is 23.8 Å². The van der Waals surface area contributed by atoms with Crippen molar-refractivity contribution >= 4 is 21.6 Å². The molecule has 0 saturated heterocycles. The molecule has 0 heterocycles. The minimum Gasteiger partial charge on any atom is -0.490 e. The zero-order chi connectivity index (χ0) is 16.7. The van der Waals surface area contributed by atoms with Gasteiger partial charge in [0.25, 0.3) is 0 Å². The number of rotatable bonds is 7. The van der Waals surface area contributed by atoms with Gasteiger partial charge in [0.05, 0.1) is 11.1 Å². The monoisotopic (exact) mass is 373 g/mol. The predicted molar refractivity (Wildman–Crippen MR) is 98.1 cm³/mol. The maximum Gasteiger partial charge on any atom is 0.176 e. The molecule has 0 radical (unpaired) electrons. The Morgan fingerprint density at radius 1 is 1.22 bits per heavy atom. The highest BCUT2D eigenvalue weighted by molar-refractivity contribution is 9.10. The van der Waals surface area contributed by atoms with Crippen LogP contribution in [0.1, 0.15) is 18.1 Å². The summed E-state index contributed by atoms with van der Waals surface area (Å²) < 4.78 is 12.1. The molecule has 0 unspecified atom stereocenters. The first kappa shape index (κ1) is 17.2. The number of ether oxygens (including phenoxy) is 2. The predicted octanol–water partition coefficient (Wildman–Crippen LogP) is 4.78. The summed E-state index contributed by atoms with van der Waals surface area (Å²) in [5.74, 6) is 3.81. The molecule has 1 N–H and O–H groups in total. The van der Waals surface area contributed by atoms with Gasteiger partial charge in [-0.1, -0.05) is 24.1 Å². The molecular weight excluding hydrogens is 354 g/mol. The Balaban J connectivity index is 2.19. The molecule has 3 nitrogen and oxygen atoms in total. The van der Waals surface area contributed by atoms with Crippen LogP contribution in [0.25, 0.3) is 0 Å². The molecule has 2 aromatic rings. The number of aryl methyl sites for hydroxylation is 1. The third-order valence-electron chi connectivity index (χ3n) is 3.30. The zero-order valence-corrected chi connectivity index (χ0v) is 14.9. The zero-order valence-electron chi connectivity index (χ0n) is 13.4. The number of terminal acetylenes is 1. The summed E-state index contributed by atoms with van der Waals surface area (Å²) in [6.45, 7) is 5.49. The highest BCUT2D eigenvalue weighted by atomic mass is 79.9. The van der Waals surface area contributed by atoms with Gasteiger partial charge < -0.3 is 14.8 Å². The smallest absolute Gasteiger partial charge is 0.176 e. The van der Waals surface area contributed by atoms with E-state index >= 15 is 0 Å². The summed E-state index contributed by atoms with van der Waals surface area (Å²) >= 11 is 3.54. The average molecular weight is 374 g/mol. The van der Waals surface area contributed by atoms with Crippen LogP contribution in [-0.4, -0.2) is 13.2 Å². The molecule has 0 bridgehead atoms. The fraction of sp³-hybridized carbons (Fsp3) is 0.263. The Morgan fingerprint density at radius 2 is 2.00 bits per heavy atom. The lowest BCUT2D eigenvalue weighted by molar-refractivity contribution is 0.297. The van der Waals surface area contributed by atoms with Gasteiger partial charge in [-0.25, -0.2) is 0 Å². The fourth-order valence-corrected chi connectivity index (χ4v) is 2.81. The normalized spacial score (nSPS) is 10.0. The lowest BCUT2D eigenvalue weighted by atomic mass is 10.1. The maximum absolute atomic E-state index is 5.68. The second-order valence-corrected chi connectivity index (χ2v) is 5.85. The molecule has 120 valence electrons. The van der Waals surface area contributed by atoms with Crippen molar-refractivity contribution in [2.24, 2.45) is 0 Å². The van der Waals surface area contributed by atoms with Crippen LogP contribution in [0.3, 0.4) is 0 Å². The Labute approximate surface area is 146 Å². The van der Waals surface area contributed by atoms with Crippen LogP contribution >= 0.6 is 15.9 Å². The van der Waals surface area contributed by atoms with Crippen LogP contribution in [0.5, 0.6) is 11.5 Å². The molecule has 0 spiro atoms. The molecule has 0 saturated carbocycles. The number of anilines is 1. The molecule has 4 heteroatoms. The summed E-state index contributed by atoms with van der Waals surface area (Å²) in [7, 11) is 0. The molecule has 2 aromatic carbocycles. The average Bonchev–Trinajstić information content (AvgIpc) is 2.54. The van der Waals surface area contributed by atoms with Crippen LogP contribution in [0.15, 0.2) is 40.9 Å². The van der Waals surface area contributed by atoms with Gasteiger partial charge in [-0.3, -0.25) is 0 Å².